The standard InChI is InChI=1S/C20H24N2O5/c1-25-11-9-21(14-16-6-5-10-27-16)20(24)15-12-19(23)22(13-15)17-7-3-4-8-18(17)26-2/h3-8,10,15H,9,11-14H2,1-2H3. The lowest BCUT2D eigenvalue weighted by molar-refractivity contribution is -0.137. The number of carbonyl (C=O) groups is 2. The van der Waals surface area contributed by atoms with E-state index in [2.05, 4.69) is 0 Å². The first-order valence-corrected chi connectivity index (χ1v) is 8.87. The van der Waals surface area contributed by atoms with Gasteiger partial charge in [-0.3, -0.25) is 9.59 Å². The van der Waals surface area contributed by atoms with Gasteiger partial charge in [0.1, 0.15) is 11.5 Å². The summed E-state index contributed by atoms with van der Waals surface area (Å²) in [4.78, 5) is 29.0. The summed E-state index contributed by atoms with van der Waals surface area (Å²) in [6.45, 7) is 1.55. The Balaban J connectivity index is 1.74. The van der Waals surface area contributed by atoms with Gasteiger partial charge >= 0.3 is 0 Å². The van der Waals surface area contributed by atoms with Crippen molar-refractivity contribution in [2.75, 3.05) is 38.8 Å². The van der Waals surface area contributed by atoms with E-state index < -0.39 is 5.92 Å². The van der Waals surface area contributed by atoms with Crippen molar-refractivity contribution in [3.8, 4) is 5.75 Å². The second kappa shape index (κ2) is 8.73. The van der Waals surface area contributed by atoms with Gasteiger partial charge in [0, 0.05) is 26.6 Å². The summed E-state index contributed by atoms with van der Waals surface area (Å²) in [6.07, 6.45) is 1.76. The third-order valence-electron chi connectivity index (χ3n) is 4.65. The summed E-state index contributed by atoms with van der Waals surface area (Å²) < 4.78 is 15.9. The van der Waals surface area contributed by atoms with Gasteiger partial charge in [0.15, 0.2) is 0 Å². The highest BCUT2D eigenvalue weighted by molar-refractivity contribution is 6.01. The molecule has 1 aromatic heterocycles. The first-order valence-electron chi connectivity index (χ1n) is 8.87. The van der Waals surface area contributed by atoms with Crippen molar-refractivity contribution in [3.63, 3.8) is 0 Å². The Morgan fingerprint density at radius 2 is 2.07 bits per heavy atom. The minimum atomic E-state index is -0.408. The summed E-state index contributed by atoms with van der Waals surface area (Å²) in [7, 11) is 3.16. The molecule has 27 heavy (non-hydrogen) atoms. The Morgan fingerprint density at radius 3 is 2.78 bits per heavy atom. The van der Waals surface area contributed by atoms with Crippen molar-refractivity contribution in [1.82, 2.24) is 4.90 Å². The van der Waals surface area contributed by atoms with Crippen LogP contribution in [0.15, 0.2) is 47.1 Å². The normalized spacial score (nSPS) is 16.6. The largest absolute Gasteiger partial charge is 0.495 e. The predicted molar refractivity (Wildman–Crippen MR) is 99.5 cm³/mol. The molecular weight excluding hydrogens is 348 g/mol. The molecule has 3 rings (SSSR count). The highest BCUT2D eigenvalue weighted by atomic mass is 16.5. The van der Waals surface area contributed by atoms with Crippen LogP contribution in [0.3, 0.4) is 0 Å². The van der Waals surface area contributed by atoms with Crippen LogP contribution in [0.5, 0.6) is 5.75 Å². The molecule has 0 radical (unpaired) electrons. The topological polar surface area (TPSA) is 72.2 Å². The molecule has 1 aliphatic heterocycles. The van der Waals surface area contributed by atoms with E-state index in [1.54, 1.807) is 42.4 Å². The van der Waals surface area contributed by atoms with E-state index in [1.807, 2.05) is 24.3 Å². The monoisotopic (exact) mass is 372 g/mol. The quantitative estimate of drug-likeness (QED) is 0.711. The maximum absolute atomic E-state index is 13.1. The van der Waals surface area contributed by atoms with Crippen molar-refractivity contribution in [2.24, 2.45) is 5.92 Å². The number of hydrogen-bond donors (Lipinski definition) is 0. The molecule has 7 heteroatoms. The predicted octanol–water partition coefficient (Wildman–Crippen LogP) is 2.32. The maximum atomic E-state index is 13.1. The Morgan fingerprint density at radius 1 is 1.26 bits per heavy atom. The first kappa shape index (κ1) is 19.0. The number of rotatable bonds is 8. The van der Waals surface area contributed by atoms with E-state index in [9.17, 15) is 9.59 Å². The summed E-state index contributed by atoms with van der Waals surface area (Å²) >= 11 is 0. The molecule has 2 aromatic rings. The molecule has 0 N–H and O–H groups in total. The van der Waals surface area contributed by atoms with Gasteiger partial charge in [0.05, 0.1) is 38.1 Å². The minimum absolute atomic E-state index is 0.0748. The lowest BCUT2D eigenvalue weighted by atomic mass is 10.1. The molecule has 1 fully saturated rings. The van der Waals surface area contributed by atoms with Crippen molar-refractivity contribution < 1.29 is 23.5 Å². The van der Waals surface area contributed by atoms with E-state index in [4.69, 9.17) is 13.9 Å². The second-order valence-corrected chi connectivity index (χ2v) is 6.41. The molecule has 2 amide bonds. The Labute approximate surface area is 158 Å². The number of anilines is 1. The van der Waals surface area contributed by atoms with Gasteiger partial charge in [-0.1, -0.05) is 12.1 Å². The van der Waals surface area contributed by atoms with Gasteiger partial charge in [-0.25, -0.2) is 0 Å². The summed E-state index contributed by atoms with van der Waals surface area (Å²) in [5.41, 5.74) is 0.690. The molecule has 1 atom stereocenters. The third-order valence-corrected chi connectivity index (χ3v) is 4.65. The van der Waals surface area contributed by atoms with Crippen molar-refractivity contribution in [1.29, 1.82) is 0 Å². The van der Waals surface area contributed by atoms with Crippen LogP contribution in [-0.2, 0) is 20.9 Å². The molecule has 1 unspecified atom stereocenters. The lowest BCUT2D eigenvalue weighted by Gasteiger charge is -2.25. The fraction of sp³-hybridized carbons (Fsp3) is 0.400. The van der Waals surface area contributed by atoms with Crippen molar-refractivity contribution >= 4 is 17.5 Å². The lowest BCUT2D eigenvalue weighted by Crippen LogP contribution is -2.39. The van der Waals surface area contributed by atoms with Crippen LogP contribution in [0.25, 0.3) is 0 Å². The third kappa shape index (κ3) is 4.31. The fourth-order valence-corrected chi connectivity index (χ4v) is 3.28. The van der Waals surface area contributed by atoms with Gasteiger partial charge in [0.25, 0.3) is 0 Å². The molecule has 1 aliphatic rings. The zero-order chi connectivity index (χ0) is 19.2. The number of benzene rings is 1. The summed E-state index contributed by atoms with van der Waals surface area (Å²) in [6, 6.07) is 10.9. The molecule has 1 saturated heterocycles. The highest BCUT2D eigenvalue weighted by Gasteiger charge is 2.38. The summed E-state index contributed by atoms with van der Waals surface area (Å²) in [5.74, 6) is 0.752. The number of furan rings is 1. The fourth-order valence-electron chi connectivity index (χ4n) is 3.28. The number of ether oxygens (including phenoxy) is 2. The van der Waals surface area contributed by atoms with Crippen LogP contribution in [0.2, 0.25) is 0 Å². The molecule has 7 nitrogen and oxygen atoms in total. The van der Waals surface area contributed by atoms with Crippen LogP contribution < -0.4 is 9.64 Å². The van der Waals surface area contributed by atoms with Crippen LogP contribution in [0.1, 0.15) is 12.2 Å². The molecule has 1 aromatic carbocycles. The molecule has 0 spiro atoms. The second-order valence-electron chi connectivity index (χ2n) is 6.41. The molecule has 2 heterocycles. The number of nitrogens with zero attached hydrogens (tertiary/aromatic N) is 2. The number of hydrogen-bond acceptors (Lipinski definition) is 5. The molecule has 0 aliphatic carbocycles. The van der Waals surface area contributed by atoms with Gasteiger partial charge in [-0.2, -0.15) is 0 Å². The number of para-hydroxylation sites is 2. The number of carbonyl (C=O) groups excluding carboxylic acids is 2. The van der Waals surface area contributed by atoms with Gasteiger partial charge in [-0.05, 0) is 24.3 Å². The van der Waals surface area contributed by atoms with Gasteiger partial charge in [-0.15, -0.1) is 0 Å². The van der Waals surface area contributed by atoms with E-state index >= 15 is 0 Å². The first-order chi connectivity index (χ1) is 13.1. The smallest absolute Gasteiger partial charge is 0.228 e. The van der Waals surface area contributed by atoms with Crippen LogP contribution >= 0.6 is 0 Å². The summed E-state index contributed by atoms with van der Waals surface area (Å²) in [5, 5.41) is 0. The molecule has 144 valence electrons. The Kier molecular flexibility index (Phi) is 6.13. The maximum Gasteiger partial charge on any atom is 0.228 e. The van der Waals surface area contributed by atoms with Crippen LogP contribution in [0.4, 0.5) is 5.69 Å². The minimum Gasteiger partial charge on any atom is -0.495 e. The highest BCUT2D eigenvalue weighted by Crippen LogP contribution is 2.33. The Hall–Kier alpha value is -2.80. The molecular formula is C20H24N2O5. The number of amides is 2. The molecule has 0 saturated carbocycles. The number of methoxy groups -OCH3 is 2. The van der Waals surface area contributed by atoms with Crippen LogP contribution in [-0.4, -0.2) is 50.6 Å². The average molecular weight is 372 g/mol. The van der Waals surface area contributed by atoms with Gasteiger partial charge in [0.2, 0.25) is 11.8 Å². The van der Waals surface area contributed by atoms with Crippen molar-refractivity contribution in [3.05, 3.63) is 48.4 Å². The van der Waals surface area contributed by atoms with E-state index in [1.165, 1.54) is 0 Å². The van der Waals surface area contributed by atoms with E-state index in [-0.39, 0.29) is 18.2 Å². The van der Waals surface area contributed by atoms with E-state index in [0.29, 0.717) is 43.4 Å². The zero-order valence-corrected chi connectivity index (χ0v) is 15.6. The van der Waals surface area contributed by atoms with Crippen LogP contribution in [0, 0.1) is 5.92 Å². The van der Waals surface area contributed by atoms with Crippen molar-refractivity contribution in [2.45, 2.75) is 13.0 Å². The Bertz CT molecular complexity index is 774. The van der Waals surface area contributed by atoms with E-state index in [0.717, 1.165) is 0 Å². The van der Waals surface area contributed by atoms with Gasteiger partial charge < -0.3 is 23.7 Å². The average Bonchev–Trinajstić information content (AvgIpc) is 3.34. The zero-order valence-electron chi connectivity index (χ0n) is 15.6. The molecule has 0 bridgehead atoms. The SMILES string of the molecule is COCCN(Cc1ccco1)C(=O)C1CC(=O)N(c2ccccc2OC)C1.